The smallest absolute Gasteiger partial charge is 0.237 e. The van der Waals surface area contributed by atoms with Crippen molar-refractivity contribution in [3.8, 4) is 0 Å². The summed E-state index contributed by atoms with van der Waals surface area (Å²) in [5, 5.41) is 11.9. The van der Waals surface area contributed by atoms with Gasteiger partial charge in [0, 0.05) is 19.6 Å². The van der Waals surface area contributed by atoms with Crippen LogP contribution in [0.1, 0.15) is 30.4 Å². The quantitative estimate of drug-likeness (QED) is 0.536. The highest BCUT2D eigenvalue weighted by Crippen LogP contribution is 2.38. The number of hydrogen-bond donors (Lipinski definition) is 3. The van der Waals surface area contributed by atoms with E-state index in [0.717, 1.165) is 37.8 Å². The molecule has 4 unspecified atom stereocenters. The van der Waals surface area contributed by atoms with Gasteiger partial charge in [-0.3, -0.25) is 19.8 Å². The van der Waals surface area contributed by atoms with E-state index in [4.69, 9.17) is 0 Å². The molecule has 0 saturated carbocycles. The van der Waals surface area contributed by atoms with Crippen LogP contribution in [0.5, 0.6) is 0 Å². The van der Waals surface area contributed by atoms with Crippen LogP contribution in [0.25, 0.3) is 5.57 Å². The number of aryl methyl sites for hydroxylation is 1. The van der Waals surface area contributed by atoms with Gasteiger partial charge < -0.3 is 10.6 Å². The lowest BCUT2D eigenvalue weighted by molar-refractivity contribution is -0.129. The number of rotatable bonds is 7. The molecule has 3 heterocycles. The lowest BCUT2D eigenvalue weighted by Gasteiger charge is -2.43. The van der Waals surface area contributed by atoms with Gasteiger partial charge in [0.05, 0.1) is 12.0 Å². The van der Waals surface area contributed by atoms with Crippen LogP contribution < -0.4 is 16.0 Å². The average Bonchev–Trinajstić information content (AvgIpc) is 3.32. The Morgan fingerprint density at radius 1 is 1.09 bits per heavy atom. The molecule has 0 aromatic heterocycles. The van der Waals surface area contributed by atoms with Crippen LogP contribution in [0.2, 0.25) is 0 Å². The van der Waals surface area contributed by atoms with Crippen molar-refractivity contribution < 1.29 is 9.59 Å². The van der Waals surface area contributed by atoms with Crippen LogP contribution in [0.3, 0.4) is 0 Å². The van der Waals surface area contributed by atoms with E-state index in [2.05, 4.69) is 50.5 Å². The van der Waals surface area contributed by atoms with Gasteiger partial charge in [0.25, 0.3) is 0 Å². The normalized spacial score (nSPS) is 26.9. The number of piperidine rings is 1. The second-order valence-corrected chi connectivity index (χ2v) is 10.3. The third-order valence-electron chi connectivity index (χ3n) is 6.93. The van der Waals surface area contributed by atoms with E-state index in [-0.39, 0.29) is 35.3 Å². The third-order valence-corrected chi connectivity index (χ3v) is 8.10. The first-order valence-corrected chi connectivity index (χ1v) is 13.2. The number of thioether (sulfide) groups is 1. The second-order valence-electron chi connectivity index (χ2n) is 9.27. The Morgan fingerprint density at radius 2 is 1.85 bits per heavy atom. The monoisotopic (exact) mass is 476 g/mol. The van der Waals surface area contributed by atoms with Gasteiger partial charge in [-0.25, -0.2) is 0 Å². The Balaban J connectivity index is 1.15. The molecule has 4 atom stereocenters. The number of hydrogen-bond acceptors (Lipinski definition) is 5. The maximum absolute atomic E-state index is 12.9. The Morgan fingerprint density at radius 3 is 2.65 bits per heavy atom. The van der Waals surface area contributed by atoms with Crippen LogP contribution in [-0.2, 0) is 16.0 Å². The van der Waals surface area contributed by atoms with Gasteiger partial charge >= 0.3 is 0 Å². The molecular weight excluding hydrogens is 444 g/mol. The number of likely N-dealkylation sites (tertiary alicyclic amines) is 1. The van der Waals surface area contributed by atoms with Crippen LogP contribution in [0.4, 0.5) is 0 Å². The number of carbonyl (C=O) groups excluding carboxylic acids is 2. The molecule has 6 nitrogen and oxygen atoms in total. The van der Waals surface area contributed by atoms with E-state index in [0.29, 0.717) is 13.1 Å². The molecule has 7 heteroatoms. The van der Waals surface area contributed by atoms with Crippen molar-refractivity contribution >= 4 is 29.1 Å². The first kappa shape index (κ1) is 23.1. The van der Waals surface area contributed by atoms with Crippen molar-refractivity contribution in [1.82, 2.24) is 20.9 Å². The zero-order valence-corrected chi connectivity index (χ0v) is 20.1. The molecule has 0 bridgehead atoms. The molecule has 5 rings (SSSR count). The minimum Gasteiger partial charge on any atom is -0.356 e. The topological polar surface area (TPSA) is 73.5 Å². The average molecular weight is 477 g/mol. The lowest BCUT2D eigenvalue weighted by Crippen LogP contribution is -2.69. The summed E-state index contributed by atoms with van der Waals surface area (Å²) in [6, 6.07) is 20.6. The largest absolute Gasteiger partial charge is 0.356 e. The summed E-state index contributed by atoms with van der Waals surface area (Å²) >= 11 is 1.58. The summed E-state index contributed by atoms with van der Waals surface area (Å²) in [7, 11) is 0. The predicted octanol–water partition coefficient (Wildman–Crippen LogP) is 2.98. The number of nitrogens with zero attached hydrogens (tertiary/aromatic N) is 1. The molecule has 3 aliphatic heterocycles. The molecule has 34 heavy (non-hydrogen) atoms. The fourth-order valence-corrected chi connectivity index (χ4v) is 6.25. The molecule has 2 saturated heterocycles. The summed E-state index contributed by atoms with van der Waals surface area (Å²) in [5.41, 5.74) is 3.61. The van der Waals surface area contributed by atoms with Crippen molar-refractivity contribution in [1.29, 1.82) is 0 Å². The number of benzene rings is 2. The third kappa shape index (κ3) is 5.22. The lowest BCUT2D eigenvalue weighted by atomic mass is 9.94. The molecule has 0 spiro atoms. The molecule has 2 amide bonds. The Hall–Kier alpha value is -2.61. The van der Waals surface area contributed by atoms with Crippen molar-refractivity contribution in [3.05, 3.63) is 77.2 Å². The summed E-state index contributed by atoms with van der Waals surface area (Å²) in [4.78, 5) is 28.0. The van der Waals surface area contributed by atoms with Crippen LogP contribution in [0.15, 0.2) is 66.1 Å². The summed E-state index contributed by atoms with van der Waals surface area (Å²) in [6.07, 6.45) is 3.47. The van der Waals surface area contributed by atoms with Crippen LogP contribution in [0, 0.1) is 5.92 Å². The first-order valence-electron chi connectivity index (χ1n) is 12.2. The molecule has 0 aliphatic carbocycles. The SMILES string of the molecule is O=C(NCCCc1ccccc1)C1CCCN(C2NC(=O)C3SC=C(c4ccccc4)C3N2)C1. The highest BCUT2D eigenvalue weighted by atomic mass is 32.2. The van der Waals surface area contributed by atoms with Crippen LogP contribution >= 0.6 is 11.8 Å². The zero-order valence-electron chi connectivity index (χ0n) is 19.3. The number of nitrogens with one attached hydrogen (secondary N) is 3. The number of carbonyl (C=O) groups is 2. The Labute approximate surface area is 205 Å². The van der Waals surface area contributed by atoms with Gasteiger partial charge in [-0.2, -0.15) is 0 Å². The molecule has 0 radical (unpaired) electrons. The van der Waals surface area contributed by atoms with Crippen LogP contribution in [-0.4, -0.2) is 53.9 Å². The highest BCUT2D eigenvalue weighted by molar-refractivity contribution is 8.04. The number of fused-ring (bicyclic) bond motifs is 1. The fourth-order valence-electron chi connectivity index (χ4n) is 5.10. The maximum atomic E-state index is 12.9. The van der Waals surface area contributed by atoms with E-state index >= 15 is 0 Å². The zero-order chi connectivity index (χ0) is 23.3. The van der Waals surface area contributed by atoms with Crippen molar-refractivity contribution in [3.63, 3.8) is 0 Å². The summed E-state index contributed by atoms with van der Waals surface area (Å²) in [6.45, 7) is 2.21. The summed E-state index contributed by atoms with van der Waals surface area (Å²) < 4.78 is 0. The van der Waals surface area contributed by atoms with Gasteiger partial charge in [0.15, 0.2) is 0 Å². The minimum atomic E-state index is -0.256. The maximum Gasteiger partial charge on any atom is 0.237 e. The predicted molar refractivity (Wildman–Crippen MR) is 137 cm³/mol. The van der Waals surface area contributed by atoms with Gasteiger partial charge in [-0.1, -0.05) is 60.7 Å². The van der Waals surface area contributed by atoms with Gasteiger partial charge in [0.1, 0.15) is 11.5 Å². The second kappa shape index (κ2) is 10.8. The van der Waals surface area contributed by atoms with E-state index in [1.165, 1.54) is 11.1 Å². The van der Waals surface area contributed by atoms with E-state index < -0.39 is 0 Å². The Kier molecular flexibility index (Phi) is 7.33. The van der Waals surface area contributed by atoms with Gasteiger partial charge in [-0.05, 0) is 47.8 Å². The number of amides is 2. The van der Waals surface area contributed by atoms with Gasteiger partial charge in [-0.15, -0.1) is 11.8 Å². The molecule has 3 N–H and O–H groups in total. The molecule has 3 aliphatic rings. The van der Waals surface area contributed by atoms with Crippen molar-refractivity contribution in [2.75, 3.05) is 19.6 Å². The minimum absolute atomic E-state index is 0.0293. The molecule has 178 valence electrons. The molecule has 2 aromatic rings. The standard InChI is InChI=1S/C27H32N4O2S/c32-25(28-15-7-11-19-9-3-1-4-10-19)21-14-8-16-31(17-21)27-29-23-22(20-12-5-2-6-13-20)18-34-24(23)26(33)30-27/h1-6,9-10,12-13,18,21,23-24,27,29H,7-8,11,14-17H2,(H,28,32)(H,30,33). The van der Waals surface area contributed by atoms with E-state index in [1.807, 2.05) is 36.4 Å². The highest BCUT2D eigenvalue weighted by Gasteiger charge is 2.44. The molecular formula is C27H32N4O2S. The van der Waals surface area contributed by atoms with E-state index in [9.17, 15) is 9.59 Å². The summed E-state index contributed by atoms with van der Waals surface area (Å²) in [5.74, 6) is 0.136. The fraction of sp³-hybridized carbons (Fsp3) is 0.407. The van der Waals surface area contributed by atoms with E-state index in [1.54, 1.807) is 11.8 Å². The molecule has 2 fully saturated rings. The first-order chi connectivity index (χ1) is 16.7. The molecule has 2 aromatic carbocycles. The van der Waals surface area contributed by atoms with Crippen molar-refractivity contribution in [2.24, 2.45) is 5.92 Å². The Bertz CT molecular complexity index is 1030. The van der Waals surface area contributed by atoms with Gasteiger partial charge in [0.2, 0.25) is 11.8 Å². The van der Waals surface area contributed by atoms with Crippen molar-refractivity contribution in [2.45, 2.75) is 43.3 Å².